The molecule has 104 heavy (non-hydrogen) atoms. The number of aliphatic hydroxyl groups excluding tert-OH is 1. The number of aromatic nitrogens is 7. The van der Waals surface area contributed by atoms with Gasteiger partial charge in [-0.15, -0.1) is 56.7 Å². The molecule has 6 amide bonds. The number of esters is 2. The minimum Gasteiger partial charge on any atom is -0.506 e. The van der Waals surface area contributed by atoms with Crippen molar-refractivity contribution in [1.82, 2.24) is 71.0 Å². The normalized spacial score (nSPS) is 23.7. The van der Waals surface area contributed by atoms with Gasteiger partial charge in [0.15, 0.2) is 18.1 Å². The lowest BCUT2D eigenvalue weighted by molar-refractivity contribution is -0.280. The van der Waals surface area contributed by atoms with Gasteiger partial charge < -0.3 is 91.1 Å². The summed E-state index contributed by atoms with van der Waals surface area (Å²) in [6, 6.07) is -0.390. The van der Waals surface area contributed by atoms with Crippen LogP contribution in [-0.4, -0.2) is 227 Å². The number of thioether (sulfide) groups is 1. The van der Waals surface area contributed by atoms with E-state index in [0.717, 1.165) is 56.7 Å². The summed E-state index contributed by atoms with van der Waals surface area (Å²) < 4.78 is 38.3. The first-order valence-electron chi connectivity index (χ1n) is 32.1. The molecule has 4 aliphatic rings. The molecule has 11 atom stereocenters. The van der Waals surface area contributed by atoms with Crippen LogP contribution < -0.4 is 32.3 Å². The third kappa shape index (κ3) is 15.6. The molecule has 7 aromatic heterocycles. The number of hydrogen-bond acceptors (Lipinski definition) is 32. The third-order valence-electron chi connectivity index (χ3n) is 17.4. The summed E-state index contributed by atoms with van der Waals surface area (Å²) in [5.41, 5.74) is 3.00. The van der Waals surface area contributed by atoms with Gasteiger partial charge in [0.2, 0.25) is 11.8 Å². The molecule has 7 unspecified atom stereocenters. The summed E-state index contributed by atoms with van der Waals surface area (Å²) in [6.45, 7) is 4.96. The van der Waals surface area contributed by atoms with Crippen molar-refractivity contribution in [3.63, 3.8) is 0 Å². The fraction of sp³-hybridized carbons (Fsp3) is 0.415. The van der Waals surface area contributed by atoms with Gasteiger partial charge in [-0.3, -0.25) is 28.8 Å². The SMILES string of the molecule is CO/C(C)=C1/NC(=O)C(C(C)O)NC(=O)c2csc(n2)-c2cc(O)c(-c3nc(C(=O)NC(CSCCN(C)C)C(N)=O)cs3)nc2-c2csc(n2)C2COC(=O)c3c4c5c(cccc5n3O)COC(=O)C(O[C@H]3C[C@](C)(O)[C@H](N(C)C)[C@H](C)O3)C(OC4)C(NC(=O)c3csc1n3)c1nc(cs1)C(=O)N2. The van der Waals surface area contributed by atoms with Crippen molar-refractivity contribution < 1.29 is 87.3 Å². The molecule has 4 aliphatic heterocycles. The lowest BCUT2D eigenvalue weighted by Crippen LogP contribution is -2.62. The molecular weight excluding hydrogens is 1470 g/mol. The number of hydrogen-bond donors (Lipinski definition) is 10. The summed E-state index contributed by atoms with van der Waals surface area (Å²) in [5.74, 6) is -7.05. The van der Waals surface area contributed by atoms with Crippen molar-refractivity contribution in [2.24, 2.45) is 5.73 Å². The van der Waals surface area contributed by atoms with Crippen LogP contribution >= 0.6 is 68.4 Å². The quantitative estimate of drug-likeness (QED) is 0.0318. The second kappa shape index (κ2) is 31.0. The number of amides is 6. The van der Waals surface area contributed by atoms with Gasteiger partial charge in [-0.05, 0) is 73.6 Å². The van der Waals surface area contributed by atoms with Gasteiger partial charge in [0.05, 0.1) is 43.1 Å². The monoisotopic (exact) mass is 1540 g/mol. The van der Waals surface area contributed by atoms with Crippen LogP contribution in [0.3, 0.4) is 0 Å². The van der Waals surface area contributed by atoms with Crippen molar-refractivity contribution in [2.75, 3.05) is 60.0 Å². The number of nitrogens with one attached hydrogen (secondary N) is 5. The molecule has 550 valence electrons. The van der Waals surface area contributed by atoms with Crippen molar-refractivity contribution in [2.45, 2.75) is 114 Å². The van der Waals surface area contributed by atoms with Gasteiger partial charge in [-0.25, -0.2) is 39.5 Å². The number of benzene rings is 1. The van der Waals surface area contributed by atoms with Gasteiger partial charge in [-0.1, -0.05) is 12.1 Å². The molecule has 8 aromatic rings. The van der Waals surface area contributed by atoms with Crippen LogP contribution in [0.25, 0.3) is 49.3 Å². The lowest BCUT2D eigenvalue weighted by Gasteiger charge is -2.48. The number of ether oxygens (including phenoxy) is 6. The fourth-order valence-corrected chi connectivity index (χ4v) is 17.7. The number of cyclic esters (lactones) is 2. The standard InChI is InChI=1S/C65H71N15O18S6/c1-26(81)43-57(88)76-44(27(2)93-9)60-71-38(25-102-60)56(87)77-47-49-50(98-41-16-65(4,91)51(79(7)8)28(3)97-41)64(90)95-17-29-11-10-12-39-42(29)31(18-94-49)48(80(39)92)63(89)96-19-32(67-53(84)35-24-104-62(47)73-35)59-69-33(21-101-59)45-30(58-70-37(22-100-58)55(86)75-43)15-40(82)46(74-45)61-72-36(23-103-61)54(85)68-34(52(66)83)20-99-14-13-78(5)6/h10-12,15,21-26,28,32,34,41,43,47,49-51,81-82,91-92H,13-14,16-20H2,1-9H3,(H2,66,83)(H,67,84)(H,68,85)(H,75,86)(H,76,88)(H,77,87)/b44-27+/t26?,28-,32?,34?,41-,43?,47?,49?,50?,51+,65-/m0/s1. The number of nitrogens with zero attached hydrogens (tertiary/aromatic N) is 9. The zero-order chi connectivity index (χ0) is 74.3. The number of allylic oxidation sites excluding steroid dienone is 1. The van der Waals surface area contributed by atoms with E-state index in [0.29, 0.717) is 22.6 Å². The summed E-state index contributed by atoms with van der Waals surface area (Å²) in [7, 11) is 8.65. The van der Waals surface area contributed by atoms with Crippen molar-refractivity contribution in [1.29, 1.82) is 0 Å². The molecule has 11 heterocycles. The molecule has 0 spiro atoms. The Bertz CT molecular complexity index is 4690. The number of nitrogens with two attached hydrogens (primary N) is 1. The number of carbonyl (C=O) groups excluding carboxylic acids is 8. The molecule has 39 heteroatoms. The predicted molar refractivity (Wildman–Crippen MR) is 381 cm³/mol. The maximum atomic E-state index is 15.2. The van der Waals surface area contributed by atoms with Crippen LogP contribution in [0.15, 0.2) is 56.9 Å². The van der Waals surface area contributed by atoms with Gasteiger partial charge in [0, 0.05) is 67.9 Å². The van der Waals surface area contributed by atoms with Gasteiger partial charge in [0.25, 0.3) is 23.6 Å². The van der Waals surface area contributed by atoms with Crippen LogP contribution in [0, 0.1) is 0 Å². The van der Waals surface area contributed by atoms with Crippen molar-refractivity contribution >= 4 is 132 Å². The molecular formula is C65H71N15O18S6. The maximum Gasteiger partial charge on any atom is 0.358 e. The molecule has 1 fully saturated rings. The van der Waals surface area contributed by atoms with Gasteiger partial charge in [-0.2, -0.15) is 16.5 Å². The zero-order valence-corrected chi connectivity index (χ0v) is 61.9. The highest BCUT2D eigenvalue weighted by Crippen LogP contribution is 2.43. The Morgan fingerprint density at radius 1 is 0.856 bits per heavy atom. The minimum absolute atomic E-state index is 0.0129. The van der Waals surface area contributed by atoms with Crippen LogP contribution in [-0.2, 0) is 56.0 Å². The predicted octanol–water partition coefficient (Wildman–Crippen LogP) is 4.04. The molecule has 0 saturated carbocycles. The topological polar surface area (TPSA) is 448 Å². The molecule has 1 aromatic carbocycles. The highest BCUT2D eigenvalue weighted by molar-refractivity contribution is 7.99. The number of aromatic hydroxyl groups is 1. The number of aliphatic hydroxyl groups is 2. The highest BCUT2D eigenvalue weighted by Gasteiger charge is 2.50. The zero-order valence-electron chi connectivity index (χ0n) is 57.0. The maximum absolute atomic E-state index is 15.2. The Hall–Kier alpha value is -8.97. The van der Waals surface area contributed by atoms with Crippen LogP contribution in [0.1, 0.15) is 125 Å². The largest absolute Gasteiger partial charge is 0.506 e. The van der Waals surface area contributed by atoms with E-state index in [2.05, 4.69) is 41.5 Å². The average Bonchev–Trinajstić information content (AvgIpc) is 1.57. The summed E-state index contributed by atoms with van der Waals surface area (Å²) in [5, 5.41) is 68.3. The molecule has 0 radical (unpaired) electrons. The second-order valence-electron chi connectivity index (χ2n) is 25.3. The van der Waals surface area contributed by atoms with E-state index >= 15 is 19.2 Å². The Labute approximate surface area is 616 Å². The van der Waals surface area contributed by atoms with Crippen LogP contribution in [0.2, 0.25) is 0 Å². The summed E-state index contributed by atoms with van der Waals surface area (Å²) >= 11 is 5.95. The average molecular weight is 1540 g/mol. The van der Waals surface area contributed by atoms with Crippen LogP contribution in [0.4, 0.5) is 0 Å². The number of fused-ring (bicyclic) bond motifs is 15. The smallest absolute Gasteiger partial charge is 0.358 e. The molecule has 11 N–H and O–H groups in total. The van der Waals surface area contributed by atoms with Gasteiger partial charge in [0.1, 0.15) is 126 Å². The fourth-order valence-electron chi connectivity index (χ4n) is 12.3. The van der Waals surface area contributed by atoms with Gasteiger partial charge >= 0.3 is 11.9 Å². The number of pyridine rings is 1. The Kier molecular flexibility index (Phi) is 22.3. The first kappa shape index (κ1) is 74.7. The number of likely N-dealkylation sites (N-methyl/N-ethyl adjacent to an activating group) is 1. The first-order chi connectivity index (χ1) is 49.6. The summed E-state index contributed by atoms with van der Waals surface area (Å²) in [4.78, 5) is 148. The van der Waals surface area contributed by atoms with Crippen molar-refractivity contribution in [3.05, 3.63) is 112 Å². The Morgan fingerprint density at radius 3 is 2.24 bits per heavy atom. The van der Waals surface area contributed by atoms with E-state index in [1.807, 2.05) is 19.0 Å². The number of thiazole rings is 5. The molecule has 12 bridgehead atoms. The molecule has 1 saturated heterocycles. The third-order valence-corrected chi connectivity index (χ3v) is 22.9. The number of methoxy groups -OCH3 is 1. The van der Waals surface area contributed by atoms with E-state index in [1.54, 1.807) is 45.0 Å². The van der Waals surface area contributed by atoms with E-state index in [1.165, 1.54) is 71.8 Å². The van der Waals surface area contributed by atoms with E-state index in [4.69, 9.17) is 49.1 Å². The molecule has 12 rings (SSSR count). The number of rotatable bonds is 14. The Balaban J connectivity index is 1.01. The van der Waals surface area contributed by atoms with Crippen LogP contribution in [0.5, 0.6) is 5.75 Å². The molecule has 0 aliphatic carbocycles. The number of carbonyl (C=O) groups is 8. The second-order valence-corrected chi connectivity index (χ2v) is 30.8. The first-order valence-corrected chi connectivity index (χ1v) is 37.6. The van der Waals surface area contributed by atoms with E-state index in [9.17, 15) is 39.7 Å². The highest BCUT2D eigenvalue weighted by atomic mass is 32.2. The van der Waals surface area contributed by atoms with E-state index in [-0.39, 0.29) is 111 Å². The minimum atomic E-state index is -1.92. The summed E-state index contributed by atoms with van der Waals surface area (Å²) in [6.07, 6.45) is -7.56. The van der Waals surface area contributed by atoms with E-state index < -0.39 is 145 Å². The van der Waals surface area contributed by atoms with Crippen molar-refractivity contribution in [3.8, 4) is 38.4 Å². The Morgan fingerprint density at radius 2 is 1.53 bits per heavy atom. The molecule has 33 nitrogen and oxygen atoms in total. The lowest BCUT2D eigenvalue weighted by atomic mass is 9.85. The number of primary amides is 1.